The van der Waals surface area contributed by atoms with Gasteiger partial charge >= 0.3 is 0 Å². The second-order valence-corrected chi connectivity index (χ2v) is 4.17. The topological polar surface area (TPSA) is 38.5 Å². The fourth-order valence-corrected chi connectivity index (χ4v) is 1.53. The van der Waals surface area contributed by atoms with Crippen LogP contribution in [0.5, 0.6) is 5.75 Å². The van der Waals surface area contributed by atoms with Crippen LogP contribution >= 0.6 is 0 Å². The van der Waals surface area contributed by atoms with Crippen molar-refractivity contribution < 1.29 is 4.74 Å². The SMILES string of the molecule is COc1cccc(CCN(C)C(C)CN)c1. The number of likely N-dealkylation sites (N-methyl/N-ethyl adjacent to an activating group) is 1. The number of methoxy groups -OCH3 is 1. The van der Waals surface area contributed by atoms with E-state index < -0.39 is 0 Å². The molecule has 1 rings (SSSR count). The molecule has 0 fully saturated rings. The highest BCUT2D eigenvalue weighted by molar-refractivity contribution is 5.28. The number of benzene rings is 1. The van der Waals surface area contributed by atoms with Gasteiger partial charge in [-0.3, -0.25) is 0 Å². The van der Waals surface area contributed by atoms with Crippen LogP contribution in [0.2, 0.25) is 0 Å². The van der Waals surface area contributed by atoms with Crippen LogP contribution in [0.4, 0.5) is 0 Å². The van der Waals surface area contributed by atoms with Crippen molar-refractivity contribution in [3.63, 3.8) is 0 Å². The Balaban J connectivity index is 2.47. The molecule has 16 heavy (non-hydrogen) atoms. The Hall–Kier alpha value is -1.06. The number of nitrogens with two attached hydrogens (primary N) is 1. The van der Waals surface area contributed by atoms with Gasteiger partial charge in [-0.15, -0.1) is 0 Å². The minimum Gasteiger partial charge on any atom is -0.497 e. The van der Waals surface area contributed by atoms with Crippen molar-refractivity contribution in [3.05, 3.63) is 29.8 Å². The van der Waals surface area contributed by atoms with Crippen LogP contribution in [0.3, 0.4) is 0 Å². The van der Waals surface area contributed by atoms with Crippen molar-refractivity contribution in [1.82, 2.24) is 4.90 Å². The van der Waals surface area contributed by atoms with Crippen molar-refractivity contribution >= 4 is 0 Å². The zero-order chi connectivity index (χ0) is 12.0. The van der Waals surface area contributed by atoms with Gasteiger partial charge < -0.3 is 15.4 Å². The molecule has 1 aromatic rings. The Morgan fingerprint density at radius 2 is 2.19 bits per heavy atom. The van der Waals surface area contributed by atoms with E-state index in [0.717, 1.165) is 18.7 Å². The highest BCUT2D eigenvalue weighted by atomic mass is 16.5. The van der Waals surface area contributed by atoms with Gasteiger partial charge in [0.1, 0.15) is 5.75 Å². The summed E-state index contributed by atoms with van der Waals surface area (Å²) in [5.41, 5.74) is 6.93. The second kappa shape index (κ2) is 6.51. The maximum absolute atomic E-state index is 5.63. The average molecular weight is 222 g/mol. The molecule has 0 bridgehead atoms. The first kappa shape index (κ1) is 13.0. The van der Waals surface area contributed by atoms with Crippen molar-refractivity contribution in [2.75, 3.05) is 27.2 Å². The third kappa shape index (κ3) is 3.83. The second-order valence-electron chi connectivity index (χ2n) is 4.17. The molecular formula is C13H22N2O. The number of hydrogen-bond acceptors (Lipinski definition) is 3. The molecule has 0 amide bonds. The van der Waals surface area contributed by atoms with E-state index in [-0.39, 0.29) is 0 Å². The largest absolute Gasteiger partial charge is 0.497 e. The smallest absolute Gasteiger partial charge is 0.119 e. The van der Waals surface area contributed by atoms with Gasteiger partial charge in [0.05, 0.1) is 7.11 Å². The first-order valence-corrected chi connectivity index (χ1v) is 5.70. The van der Waals surface area contributed by atoms with Crippen LogP contribution in [-0.4, -0.2) is 38.2 Å². The molecule has 0 aliphatic carbocycles. The maximum atomic E-state index is 5.63. The van der Waals surface area contributed by atoms with Crippen LogP contribution in [0, 0.1) is 0 Å². The van der Waals surface area contributed by atoms with Crippen molar-refractivity contribution in [2.24, 2.45) is 5.73 Å². The lowest BCUT2D eigenvalue weighted by atomic mass is 10.1. The fraction of sp³-hybridized carbons (Fsp3) is 0.538. The van der Waals surface area contributed by atoms with Crippen LogP contribution in [-0.2, 0) is 6.42 Å². The van der Waals surface area contributed by atoms with E-state index in [2.05, 4.69) is 31.0 Å². The molecule has 1 aromatic carbocycles. The highest BCUT2D eigenvalue weighted by Gasteiger charge is 2.06. The van der Waals surface area contributed by atoms with Crippen molar-refractivity contribution in [3.8, 4) is 5.75 Å². The molecule has 90 valence electrons. The molecule has 0 radical (unpaired) electrons. The number of ether oxygens (including phenoxy) is 1. The number of nitrogens with zero attached hydrogens (tertiary/aromatic N) is 1. The zero-order valence-electron chi connectivity index (χ0n) is 10.4. The van der Waals surface area contributed by atoms with E-state index in [1.165, 1.54) is 5.56 Å². The molecule has 0 spiro atoms. The first-order chi connectivity index (χ1) is 7.67. The Kier molecular flexibility index (Phi) is 5.29. The molecule has 0 aliphatic rings. The van der Waals surface area contributed by atoms with Crippen LogP contribution < -0.4 is 10.5 Å². The summed E-state index contributed by atoms with van der Waals surface area (Å²) < 4.78 is 5.20. The normalized spacial score (nSPS) is 12.8. The van der Waals surface area contributed by atoms with Gasteiger partial charge in [-0.2, -0.15) is 0 Å². The molecule has 3 nitrogen and oxygen atoms in total. The first-order valence-electron chi connectivity index (χ1n) is 5.70. The summed E-state index contributed by atoms with van der Waals surface area (Å²) in [6.07, 6.45) is 1.03. The monoisotopic (exact) mass is 222 g/mol. The van der Waals surface area contributed by atoms with E-state index in [1.54, 1.807) is 7.11 Å². The van der Waals surface area contributed by atoms with Gasteiger partial charge in [-0.25, -0.2) is 0 Å². The Morgan fingerprint density at radius 1 is 1.44 bits per heavy atom. The predicted octanol–water partition coefficient (Wildman–Crippen LogP) is 1.52. The molecule has 0 aromatic heterocycles. The minimum atomic E-state index is 0.436. The summed E-state index contributed by atoms with van der Waals surface area (Å²) in [5.74, 6) is 0.923. The summed E-state index contributed by atoms with van der Waals surface area (Å²) in [4.78, 5) is 2.28. The van der Waals surface area contributed by atoms with Gasteiger partial charge in [0.2, 0.25) is 0 Å². The van der Waals surface area contributed by atoms with Crippen LogP contribution in [0.15, 0.2) is 24.3 Å². The maximum Gasteiger partial charge on any atom is 0.119 e. The molecule has 0 aliphatic heterocycles. The molecule has 2 N–H and O–H groups in total. The van der Waals surface area contributed by atoms with Gasteiger partial charge in [0.25, 0.3) is 0 Å². The quantitative estimate of drug-likeness (QED) is 0.793. The molecule has 0 heterocycles. The van der Waals surface area contributed by atoms with E-state index in [0.29, 0.717) is 12.6 Å². The molecule has 3 heteroatoms. The Labute approximate surface area is 98.2 Å². The lowest BCUT2D eigenvalue weighted by molar-refractivity contribution is 0.266. The summed E-state index contributed by atoms with van der Waals surface area (Å²) in [6.45, 7) is 3.87. The summed E-state index contributed by atoms with van der Waals surface area (Å²) >= 11 is 0. The standard InChI is InChI=1S/C13H22N2O/c1-11(10-14)15(2)8-7-12-5-4-6-13(9-12)16-3/h4-6,9,11H,7-8,10,14H2,1-3H3. The molecular weight excluding hydrogens is 200 g/mol. The molecule has 1 unspecified atom stereocenters. The Bertz CT molecular complexity index is 315. The third-order valence-electron chi connectivity index (χ3n) is 2.98. The predicted molar refractivity (Wildman–Crippen MR) is 67.8 cm³/mol. The third-order valence-corrected chi connectivity index (χ3v) is 2.98. The highest BCUT2D eigenvalue weighted by Crippen LogP contribution is 2.13. The minimum absolute atomic E-state index is 0.436. The van der Waals surface area contributed by atoms with E-state index in [4.69, 9.17) is 10.5 Å². The van der Waals surface area contributed by atoms with Gasteiger partial charge in [-0.05, 0) is 38.1 Å². The fourth-order valence-electron chi connectivity index (χ4n) is 1.53. The lowest BCUT2D eigenvalue weighted by Crippen LogP contribution is -2.36. The van der Waals surface area contributed by atoms with Crippen molar-refractivity contribution in [2.45, 2.75) is 19.4 Å². The van der Waals surface area contributed by atoms with E-state index >= 15 is 0 Å². The molecule has 0 saturated carbocycles. The Morgan fingerprint density at radius 3 is 2.81 bits per heavy atom. The summed E-state index contributed by atoms with van der Waals surface area (Å²) in [5, 5.41) is 0. The van der Waals surface area contributed by atoms with Gasteiger partial charge in [0.15, 0.2) is 0 Å². The lowest BCUT2D eigenvalue weighted by Gasteiger charge is -2.23. The van der Waals surface area contributed by atoms with Gasteiger partial charge in [-0.1, -0.05) is 12.1 Å². The zero-order valence-corrected chi connectivity index (χ0v) is 10.4. The summed E-state index contributed by atoms with van der Waals surface area (Å²) in [6, 6.07) is 8.64. The van der Waals surface area contributed by atoms with E-state index in [9.17, 15) is 0 Å². The molecule has 0 saturated heterocycles. The van der Waals surface area contributed by atoms with E-state index in [1.807, 2.05) is 12.1 Å². The number of hydrogen-bond donors (Lipinski definition) is 1. The average Bonchev–Trinajstić information content (AvgIpc) is 2.35. The number of rotatable bonds is 6. The van der Waals surface area contributed by atoms with Gasteiger partial charge in [0, 0.05) is 19.1 Å². The molecule has 1 atom stereocenters. The summed E-state index contributed by atoms with van der Waals surface area (Å²) in [7, 11) is 3.80. The van der Waals surface area contributed by atoms with Crippen LogP contribution in [0.25, 0.3) is 0 Å². The van der Waals surface area contributed by atoms with Crippen LogP contribution in [0.1, 0.15) is 12.5 Å². The van der Waals surface area contributed by atoms with Crippen molar-refractivity contribution in [1.29, 1.82) is 0 Å².